The van der Waals surface area contributed by atoms with Crippen LogP contribution in [0.4, 0.5) is 0 Å². The molecule has 85 valence electrons. The van der Waals surface area contributed by atoms with E-state index in [9.17, 15) is 0 Å². The normalized spacial score (nSPS) is 30.9. The van der Waals surface area contributed by atoms with Crippen LogP contribution in [0.3, 0.4) is 0 Å². The predicted molar refractivity (Wildman–Crippen MR) is 74.9 cm³/mol. The van der Waals surface area contributed by atoms with Crippen molar-refractivity contribution in [3.8, 4) is 0 Å². The molecule has 0 amide bonds. The fraction of sp³-hybridized carbons (Fsp3) is 1.00. The zero-order valence-electron chi connectivity index (χ0n) is 9.03. The second kappa shape index (κ2) is 8.82. The van der Waals surface area contributed by atoms with E-state index in [1.807, 2.05) is 0 Å². The van der Waals surface area contributed by atoms with Gasteiger partial charge in [0.25, 0.3) is 0 Å². The van der Waals surface area contributed by atoms with E-state index in [1.165, 1.54) is 25.7 Å². The number of rotatable bonds is 2. The molecular formula is C10H22Br2NSn. The van der Waals surface area contributed by atoms with Crippen molar-refractivity contribution in [3.05, 3.63) is 0 Å². The van der Waals surface area contributed by atoms with Crippen molar-refractivity contribution in [2.75, 3.05) is 0 Å². The summed E-state index contributed by atoms with van der Waals surface area (Å²) in [7, 11) is 0. The molecule has 0 heterocycles. The first-order chi connectivity index (χ1) is 5.63. The van der Waals surface area contributed by atoms with Crippen LogP contribution in [-0.4, -0.2) is 28.6 Å². The third kappa shape index (κ3) is 5.17. The van der Waals surface area contributed by atoms with Gasteiger partial charge >= 0.3 is 89.6 Å². The fourth-order valence-electron chi connectivity index (χ4n) is 2.46. The van der Waals surface area contributed by atoms with Crippen molar-refractivity contribution < 1.29 is 0 Å². The van der Waals surface area contributed by atoms with Gasteiger partial charge in [-0.1, -0.05) is 0 Å². The van der Waals surface area contributed by atoms with Crippen LogP contribution in [0.25, 0.3) is 0 Å². The van der Waals surface area contributed by atoms with E-state index in [1.54, 1.807) is 22.5 Å². The molecule has 0 bridgehead atoms. The van der Waals surface area contributed by atoms with Crippen molar-refractivity contribution in [3.63, 3.8) is 0 Å². The zero-order chi connectivity index (χ0) is 9.14. The first kappa shape index (κ1) is 18.1. The van der Waals surface area contributed by atoms with Crippen LogP contribution in [0.2, 0.25) is 3.93 Å². The summed E-state index contributed by atoms with van der Waals surface area (Å²) < 4.78 is 0.911. The monoisotopic (exact) mass is 434 g/mol. The molecule has 0 spiro atoms. The Morgan fingerprint density at radius 3 is 1.79 bits per heavy atom. The molecule has 1 aliphatic carbocycles. The van der Waals surface area contributed by atoms with Crippen molar-refractivity contribution in [2.24, 2.45) is 17.6 Å². The van der Waals surface area contributed by atoms with E-state index in [0.717, 1.165) is 15.8 Å². The molecule has 1 rings (SSSR count). The first-order valence-electron chi connectivity index (χ1n) is 5.09. The van der Waals surface area contributed by atoms with Gasteiger partial charge in [-0.3, -0.25) is 0 Å². The van der Waals surface area contributed by atoms with Crippen LogP contribution >= 0.6 is 34.0 Å². The molecule has 1 nitrogen and oxygen atoms in total. The standard InChI is InChI=1S/C10H20N.2BrH.Sn/c1-3-9-6-4-5-7-10(9)8(2)11;;;/h3,8-10H,4-7,11H2,1-2H3;2*1H;. The molecule has 4 heteroatoms. The molecule has 2 N–H and O–H groups in total. The van der Waals surface area contributed by atoms with E-state index in [0.29, 0.717) is 6.04 Å². The van der Waals surface area contributed by atoms with Gasteiger partial charge in [0.15, 0.2) is 0 Å². The zero-order valence-corrected chi connectivity index (χ0v) is 15.3. The Balaban J connectivity index is 0. The van der Waals surface area contributed by atoms with E-state index < -0.39 is 0 Å². The summed E-state index contributed by atoms with van der Waals surface area (Å²) in [6.07, 6.45) is 5.65. The van der Waals surface area contributed by atoms with E-state index in [-0.39, 0.29) is 34.0 Å². The summed E-state index contributed by atoms with van der Waals surface area (Å²) in [5.41, 5.74) is 6.01. The molecule has 4 atom stereocenters. The van der Waals surface area contributed by atoms with Gasteiger partial charge < -0.3 is 0 Å². The van der Waals surface area contributed by atoms with Crippen LogP contribution in [0.15, 0.2) is 0 Å². The summed E-state index contributed by atoms with van der Waals surface area (Å²) in [4.78, 5) is 0. The quantitative estimate of drug-likeness (QED) is 0.663. The second-order valence-electron chi connectivity index (χ2n) is 4.26. The molecule has 1 aliphatic rings. The number of halogens is 2. The van der Waals surface area contributed by atoms with Crippen molar-refractivity contribution >= 4 is 56.5 Å². The molecule has 0 aliphatic heterocycles. The summed E-state index contributed by atoms with van der Waals surface area (Å²) in [6, 6.07) is 0.415. The Kier molecular flexibility index (Phi) is 11.4. The van der Waals surface area contributed by atoms with Gasteiger partial charge in [-0.05, 0) is 0 Å². The molecule has 1 saturated carbocycles. The van der Waals surface area contributed by atoms with Crippen LogP contribution in [0.5, 0.6) is 0 Å². The van der Waals surface area contributed by atoms with Crippen LogP contribution in [0, 0.1) is 11.8 Å². The van der Waals surface area contributed by atoms with E-state index >= 15 is 0 Å². The molecule has 4 unspecified atom stereocenters. The molecular weight excluding hydrogens is 413 g/mol. The second-order valence-corrected chi connectivity index (χ2v) is 6.86. The number of hydrogen-bond donors (Lipinski definition) is 1. The fourth-order valence-corrected chi connectivity index (χ4v) is 3.64. The summed E-state index contributed by atoms with van der Waals surface area (Å²) in [5.74, 6) is 1.74. The van der Waals surface area contributed by atoms with Crippen LogP contribution in [0.1, 0.15) is 39.5 Å². The molecule has 3 radical (unpaired) electrons. The van der Waals surface area contributed by atoms with Crippen molar-refractivity contribution in [1.29, 1.82) is 0 Å². The minimum atomic E-state index is 0. The summed E-state index contributed by atoms with van der Waals surface area (Å²) in [6.45, 7) is 4.56. The predicted octanol–water partition coefficient (Wildman–Crippen LogP) is 3.27. The van der Waals surface area contributed by atoms with Crippen molar-refractivity contribution in [1.82, 2.24) is 0 Å². The van der Waals surface area contributed by atoms with Gasteiger partial charge in [-0.2, -0.15) is 0 Å². The Hall–Kier alpha value is 1.72. The maximum absolute atomic E-state index is 6.01. The molecule has 1 fully saturated rings. The van der Waals surface area contributed by atoms with Crippen LogP contribution < -0.4 is 5.73 Å². The van der Waals surface area contributed by atoms with E-state index in [4.69, 9.17) is 5.73 Å². The SMILES string of the molecule is Br.Br.CC(N)C1CCCCC1[CH](C)[Sn]. The Morgan fingerprint density at radius 2 is 1.50 bits per heavy atom. The van der Waals surface area contributed by atoms with Gasteiger partial charge in [-0.25, -0.2) is 0 Å². The topological polar surface area (TPSA) is 26.0 Å². The van der Waals surface area contributed by atoms with Gasteiger partial charge in [0.1, 0.15) is 0 Å². The average Bonchev–Trinajstić information content (AvgIpc) is 2.04. The van der Waals surface area contributed by atoms with Crippen LogP contribution in [-0.2, 0) is 0 Å². The van der Waals surface area contributed by atoms with Gasteiger partial charge in [0, 0.05) is 0 Å². The van der Waals surface area contributed by atoms with E-state index in [2.05, 4.69) is 13.8 Å². The molecule has 0 aromatic carbocycles. The molecule has 0 aromatic rings. The van der Waals surface area contributed by atoms with Gasteiger partial charge in [0.2, 0.25) is 0 Å². The number of hydrogen-bond acceptors (Lipinski definition) is 1. The first-order valence-corrected chi connectivity index (χ1v) is 6.74. The summed E-state index contributed by atoms with van der Waals surface area (Å²) in [5, 5.41) is 0. The Bertz CT molecular complexity index is 126. The molecule has 14 heavy (non-hydrogen) atoms. The third-order valence-corrected chi connectivity index (χ3v) is 4.41. The number of nitrogens with two attached hydrogens (primary N) is 1. The molecule has 0 saturated heterocycles. The maximum atomic E-state index is 6.01. The van der Waals surface area contributed by atoms with Gasteiger partial charge in [-0.15, -0.1) is 34.0 Å². The van der Waals surface area contributed by atoms with Gasteiger partial charge in [0.05, 0.1) is 0 Å². The third-order valence-electron chi connectivity index (χ3n) is 3.19. The minimum absolute atomic E-state index is 0. The molecule has 0 aromatic heterocycles. The Labute approximate surface area is 123 Å². The average molecular weight is 435 g/mol. The van der Waals surface area contributed by atoms with Crippen molar-refractivity contribution in [2.45, 2.75) is 49.5 Å². The summed E-state index contributed by atoms with van der Waals surface area (Å²) >= 11 is 1.69. The Morgan fingerprint density at radius 1 is 1.07 bits per heavy atom.